The van der Waals surface area contributed by atoms with Gasteiger partial charge in [-0.15, -0.1) is 0 Å². The number of amides is 1. The third-order valence-electron chi connectivity index (χ3n) is 11.0. The van der Waals surface area contributed by atoms with E-state index in [9.17, 15) is 19.6 Å². The molecule has 0 saturated heterocycles. The molecule has 3 rings (SSSR count). The Morgan fingerprint density at radius 2 is 1.82 bits per heavy atom. The summed E-state index contributed by atoms with van der Waals surface area (Å²) in [6, 6.07) is 2.12. The molecule has 210 valence electrons. The van der Waals surface area contributed by atoms with Gasteiger partial charge in [-0.2, -0.15) is 5.26 Å². The van der Waals surface area contributed by atoms with E-state index in [1.54, 1.807) is 13.0 Å². The Kier molecular flexibility index (Phi) is 7.89. The zero-order valence-electron chi connectivity index (χ0n) is 25.0. The maximum atomic E-state index is 12.9. The van der Waals surface area contributed by atoms with Crippen LogP contribution in [0.4, 0.5) is 4.79 Å². The number of ketones is 2. The van der Waals surface area contributed by atoms with E-state index in [1.807, 2.05) is 13.0 Å². The van der Waals surface area contributed by atoms with E-state index in [4.69, 9.17) is 10.5 Å². The Morgan fingerprint density at radius 1 is 1.18 bits per heavy atom. The number of carbonyl (C=O) groups is 3. The molecule has 1 unspecified atom stereocenters. The number of hydrogen-bond acceptors (Lipinski definition) is 5. The van der Waals surface area contributed by atoms with Crippen LogP contribution in [0.2, 0.25) is 0 Å². The van der Waals surface area contributed by atoms with Crippen molar-refractivity contribution in [3.05, 3.63) is 23.3 Å². The first-order chi connectivity index (χ1) is 17.3. The quantitative estimate of drug-likeness (QED) is 0.373. The summed E-state index contributed by atoms with van der Waals surface area (Å²) in [7, 11) is 0. The summed E-state index contributed by atoms with van der Waals surface area (Å²) in [5, 5.41) is 9.76. The second-order valence-electron chi connectivity index (χ2n) is 14.4. The summed E-state index contributed by atoms with van der Waals surface area (Å²) in [4.78, 5) is 37.6. The Morgan fingerprint density at radius 3 is 2.34 bits per heavy atom. The lowest BCUT2D eigenvalue weighted by Crippen LogP contribution is -2.53. The first-order valence-electron chi connectivity index (χ1n) is 14.2. The molecule has 38 heavy (non-hydrogen) atoms. The highest BCUT2D eigenvalue weighted by atomic mass is 16.6. The molecule has 2 N–H and O–H groups in total. The van der Waals surface area contributed by atoms with Gasteiger partial charge in [0.05, 0.1) is 5.57 Å². The number of Topliss-reactive ketones (excluding diaryl/α,β-unsaturated/α-hetero) is 1. The van der Waals surface area contributed by atoms with Crippen LogP contribution in [0.15, 0.2) is 23.3 Å². The number of allylic oxidation sites excluding steroid dienone is 4. The van der Waals surface area contributed by atoms with E-state index < -0.39 is 17.1 Å². The smallest absolute Gasteiger partial charge is 0.405 e. The number of ether oxygens (including phenoxy) is 1. The standard InChI is InChI=1S/C32H48N2O4/c1-20-17-28(4,5)12-14-32(20,38-27(34)37)15-13-29(6,7)31(9)11-10-24-22(3)26(36)23(19-33)18-30(24,8)25(31)16-21(2)35/h16,18,20,22,24H,10-15,17H2,1-9H3,(H2,34,37)/b25-16-/t20?,22-,24-,30-,31+,32-/m0/s1. The lowest BCUT2D eigenvalue weighted by atomic mass is 9.44. The summed E-state index contributed by atoms with van der Waals surface area (Å²) in [6.45, 7) is 19.0. The predicted octanol–water partition coefficient (Wildman–Crippen LogP) is 7.08. The lowest BCUT2D eigenvalue weighted by molar-refractivity contribution is -0.123. The molecule has 6 atom stereocenters. The first kappa shape index (κ1) is 30.1. The number of nitrogens with two attached hydrogens (primary N) is 1. The van der Waals surface area contributed by atoms with Gasteiger partial charge >= 0.3 is 6.09 Å². The average molecular weight is 525 g/mol. The van der Waals surface area contributed by atoms with Crippen molar-refractivity contribution in [1.82, 2.24) is 0 Å². The van der Waals surface area contributed by atoms with Crippen LogP contribution < -0.4 is 5.73 Å². The van der Waals surface area contributed by atoms with Crippen LogP contribution in [0.1, 0.15) is 107 Å². The molecule has 0 aromatic carbocycles. The number of hydrogen-bond donors (Lipinski definition) is 1. The second-order valence-corrected chi connectivity index (χ2v) is 14.4. The van der Waals surface area contributed by atoms with Crippen molar-refractivity contribution in [1.29, 1.82) is 5.26 Å². The highest BCUT2D eigenvalue weighted by Gasteiger charge is 2.58. The highest BCUT2D eigenvalue weighted by molar-refractivity contribution is 6.02. The van der Waals surface area contributed by atoms with Crippen molar-refractivity contribution in [2.45, 2.75) is 113 Å². The lowest BCUT2D eigenvalue weighted by Gasteiger charge is -2.59. The molecule has 0 aromatic rings. The molecule has 0 aromatic heterocycles. The van der Waals surface area contributed by atoms with Gasteiger partial charge in [-0.3, -0.25) is 9.59 Å². The van der Waals surface area contributed by atoms with Gasteiger partial charge in [0.2, 0.25) is 0 Å². The van der Waals surface area contributed by atoms with Gasteiger partial charge in [0.25, 0.3) is 0 Å². The number of nitriles is 1. The Hall–Kier alpha value is -2.42. The largest absolute Gasteiger partial charge is 0.443 e. The minimum Gasteiger partial charge on any atom is -0.443 e. The summed E-state index contributed by atoms with van der Waals surface area (Å²) >= 11 is 0. The Labute approximate surface area is 229 Å². The van der Waals surface area contributed by atoms with Crippen LogP contribution in [0.25, 0.3) is 0 Å². The second kappa shape index (κ2) is 9.96. The van der Waals surface area contributed by atoms with Crippen molar-refractivity contribution in [2.24, 2.45) is 45.1 Å². The van der Waals surface area contributed by atoms with Gasteiger partial charge in [0.15, 0.2) is 11.6 Å². The van der Waals surface area contributed by atoms with E-state index in [0.717, 1.165) is 44.1 Å². The maximum absolute atomic E-state index is 12.9. The minimum atomic E-state index is -0.721. The number of primary amides is 1. The minimum absolute atomic E-state index is 0.0305. The van der Waals surface area contributed by atoms with Crippen LogP contribution in [-0.2, 0) is 14.3 Å². The van der Waals surface area contributed by atoms with Crippen LogP contribution in [-0.4, -0.2) is 23.3 Å². The maximum Gasteiger partial charge on any atom is 0.405 e. The van der Waals surface area contributed by atoms with Crippen molar-refractivity contribution >= 4 is 17.7 Å². The number of nitrogens with zero attached hydrogens (tertiary/aromatic N) is 1. The third-order valence-corrected chi connectivity index (χ3v) is 11.0. The zero-order chi connectivity index (χ0) is 28.9. The van der Waals surface area contributed by atoms with Gasteiger partial charge in [-0.25, -0.2) is 4.79 Å². The van der Waals surface area contributed by atoms with Crippen LogP contribution in [0.5, 0.6) is 0 Å². The highest BCUT2D eigenvalue weighted by Crippen LogP contribution is 2.65. The van der Waals surface area contributed by atoms with Crippen LogP contribution in [0.3, 0.4) is 0 Å². The van der Waals surface area contributed by atoms with Crippen molar-refractivity contribution in [3.8, 4) is 6.07 Å². The topological polar surface area (TPSA) is 110 Å². The fourth-order valence-electron chi connectivity index (χ4n) is 8.22. The van der Waals surface area contributed by atoms with Crippen LogP contribution >= 0.6 is 0 Å². The summed E-state index contributed by atoms with van der Waals surface area (Å²) in [6.07, 6.45) is 8.72. The molecule has 1 amide bonds. The van der Waals surface area contributed by atoms with E-state index >= 15 is 0 Å². The average Bonchev–Trinajstić information content (AvgIpc) is 2.79. The molecule has 6 nitrogen and oxygen atoms in total. The molecule has 0 aliphatic heterocycles. The van der Waals surface area contributed by atoms with E-state index in [2.05, 4.69) is 54.5 Å². The number of rotatable bonds is 6. The fraction of sp³-hybridized carbons (Fsp3) is 0.750. The Balaban J connectivity index is 2.04. The van der Waals surface area contributed by atoms with Gasteiger partial charge in [0.1, 0.15) is 11.7 Å². The van der Waals surface area contributed by atoms with E-state index in [-0.39, 0.29) is 51.1 Å². The SMILES string of the molecule is CC(=O)/C=C1/[C@@]2(C)C=C(C#N)C(=O)[C@@H](C)[C@@H]2CC[C@@]1(C)C(C)(C)CC[C@@]1(OC(N)=O)CCC(C)(C)CC1C. The van der Waals surface area contributed by atoms with Crippen molar-refractivity contribution < 1.29 is 19.1 Å². The molecule has 6 heteroatoms. The number of fused-ring (bicyclic) bond motifs is 1. The molecular weight excluding hydrogens is 476 g/mol. The Bertz CT molecular complexity index is 1110. The fourth-order valence-corrected chi connectivity index (χ4v) is 8.22. The molecule has 3 aliphatic rings. The summed E-state index contributed by atoms with van der Waals surface area (Å²) in [5.41, 5.74) is 5.17. The molecular formula is C32H48N2O4. The van der Waals surface area contributed by atoms with Crippen molar-refractivity contribution in [3.63, 3.8) is 0 Å². The van der Waals surface area contributed by atoms with Gasteiger partial charge in [-0.1, -0.05) is 67.0 Å². The molecule has 2 fully saturated rings. The molecule has 3 aliphatic carbocycles. The monoisotopic (exact) mass is 524 g/mol. The van der Waals surface area contributed by atoms with E-state index in [0.29, 0.717) is 6.42 Å². The number of carbonyl (C=O) groups excluding carboxylic acids is 3. The normalized spacial score (nSPS) is 38.1. The van der Waals surface area contributed by atoms with E-state index in [1.165, 1.54) is 0 Å². The first-order valence-corrected chi connectivity index (χ1v) is 14.2. The van der Waals surface area contributed by atoms with Crippen molar-refractivity contribution in [2.75, 3.05) is 0 Å². The van der Waals surface area contributed by atoms with Gasteiger partial charge in [0, 0.05) is 11.3 Å². The summed E-state index contributed by atoms with van der Waals surface area (Å²) < 4.78 is 5.94. The molecule has 0 radical (unpaired) electrons. The van der Waals surface area contributed by atoms with Gasteiger partial charge < -0.3 is 10.5 Å². The molecule has 2 saturated carbocycles. The molecule has 0 spiro atoms. The van der Waals surface area contributed by atoms with Crippen LogP contribution in [0, 0.1) is 50.7 Å². The molecule has 0 heterocycles. The zero-order valence-corrected chi connectivity index (χ0v) is 25.0. The molecule has 0 bridgehead atoms. The third kappa shape index (κ3) is 5.10. The van der Waals surface area contributed by atoms with Gasteiger partial charge in [-0.05, 0) is 86.0 Å². The summed E-state index contributed by atoms with van der Waals surface area (Å²) in [5.74, 6) is -0.195. The predicted molar refractivity (Wildman–Crippen MR) is 149 cm³/mol.